The Balaban J connectivity index is 1.80. The van der Waals surface area contributed by atoms with E-state index in [1.807, 2.05) is 0 Å². The number of benzene rings is 2. The van der Waals surface area contributed by atoms with Crippen molar-refractivity contribution in [3.05, 3.63) is 64.8 Å². The number of nitrogens with one attached hydrogen (secondary N) is 3. The van der Waals surface area contributed by atoms with Crippen LogP contribution in [-0.2, 0) is 0 Å². The molecule has 0 aliphatic heterocycles. The first-order valence-electron chi connectivity index (χ1n) is 7.76. The van der Waals surface area contributed by atoms with Gasteiger partial charge in [0, 0.05) is 15.9 Å². The molecule has 5 nitrogen and oxygen atoms in total. The molecule has 0 unspecified atom stereocenters. The molecule has 0 aliphatic carbocycles. The van der Waals surface area contributed by atoms with Gasteiger partial charge in [0.15, 0.2) is 0 Å². The third-order valence-corrected chi connectivity index (χ3v) is 3.93. The highest BCUT2D eigenvalue weighted by atomic mass is 35.5. The summed E-state index contributed by atoms with van der Waals surface area (Å²) in [6, 6.07) is 12.5. The maximum Gasteiger partial charge on any atom is 0.405 e. The number of halogens is 4. The topological polar surface area (TPSA) is 74.0 Å². The number of carbonyl (C=O) groups is 2. The average molecular weight is 396 g/mol. The van der Waals surface area contributed by atoms with Crippen molar-refractivity contribution in [2.75, 3.05) is 11.9 Å². The average Bonchev–Trinajstić information content (AvgIpc) is 3.03. The largest absolute Gasteiger partial charge is 0.405 e. The van der Waals surface area contributed by atoms with Crippen molar-refractivity contribution in [2.45, 2.75) is 6.18 Å². The molecule has 1 heterocycles. The Hall–Kier alpha value is -3.00. The molecule has 1 aromatic heterocycles. The van der Waals surface area contributed by atoms with Gasteiger partial charge in [0.05, 0.1) is 11.3 Å². The van der Waals surface area contributed by atoms with E-state index in [2.05, 4.69) is 10.3 Å². The zero-order chi connectivity index (χ0) is 19.6. The Morgan fingerprint density at radius 1 is 1.04 bits per heavy atom. The zero-order valence-electron chi connectivity index (χ0n) is 13.7. The van der Waals surface area contributed by atoms with E-state index < -0.39 is 24.5 Å². The van der Waals surface area contributed by atoms with Gasteiger partial charge in [-0.3, -0.25) is 9.59 Å². The van der Waals surface area contributed by atoms with Crippen molar-refractivity contribution in [1.29, 1.82) is 0 Å². The van der Waals surface area contributed by atoms with Crippen LogP contribution < -0.4 is 10.6 Å². The van der Waals surface area contributed by atoms with E-state index in [1.54, 1.807) is 35.6 Å². The first kappa shape index (κ1) is 18.8. The van der Waals surface area contributed by atoms with Gasteiger partial charge in [-0.2, -0.15) is 13.2 Å². The van der Waals surface area contributed by atoms with Gasteiger partial charge in [-0.25, -0.2) is 0 Å². The van der Waals surface area contributed by atoms with Gasteiger partial charge in [-0.15, -0.1) is 0 Å². The maximum absolute atomic E-state index is 12.5. The quantitative estimate of drug-likeness (QED) is 0.614. The molecule has 0 radical (unpaired) electrons. The van der Waals surface area contributed by atoms with Gasteiger partial charge >= 0.3 is 6.18 Å². The molecule has 0 spiro atoms. The predicted molar refractivity (Wildman–Crippen MR) is 96.1 cm³/mol. The number of anilines is 1. The minimum atomic E-state index is -4.53. The number of rotatable bonds is 4. The Labute approximate surface area is 156 Å². The third-order valence-electron chi connectivity index (χ3n) is 3.70. The highest BCUT2D eigenvalue weighted by Crippen LogP contribution is 2.22. The van der Waals surface area contributed by atoms with Crippen LogP contribution in [0.3, 0.4) is 0 Å². The van der Waals surface area contributed by atoms with Gasteiger partial charge in [0.2, 0.25) is 0 Å². The minimum absolute atomic E-state index is 0.0748. The van der Waals surface area contributed by atoms with Crippen LogP contribution in [0, 0.1) is 0 Å². The molecular formula is C18H13ClF3N3O2. The van der Waals surface area contributed by atoms with E-state index in [-0.39, 0.29) is 16.9 Å². The van der Waals surface area contributed by atoms with Gasteiger partial charge in [0.25, 0.3) is 11.8 Å². The number of alkyl halides is 3. The molecule has 3 rings (SSSR count). The van der Waals surface area contributed by atoms with Gasteiger partial charge in [-0.05, 0) is 36.4 Å². The van der Waals surface area contributed by atoms with Gasteiger partial charge in [-0.1, -0.05) is 23.7 Å². The molecule has 3 N–H and O–H groups in total. The fourth-order valence-corrected chi connectivity index (χ4v) is 2.66. The number of aromatic nitrogens is 1. The van der Waals surface area contributed by atoms with Crippen molar-refractivity contribution in [2.24, 2.45) is 0 Å². The normalized spacial score (nSPS) is 11.4. The van der Waals surface area contributed by atoms with Crippen LogP contribution in [0.4, 0.5) is 18.9 Å². The lowest BCUT2D eigenvalue weighted by Crippen LogP contribution is -2.34. The van der Waals surface area contributed by atoms with Gasteiger partial charge < -0.3 is 15.6 Å². The van der Waals surface area contributed by atoms with E-state index in [0.29, 0.717) is 10.5 Å². The molecule has 140 valence electrons. The fraction of sp³-hybridized carbons (Fsp3) is 0.111. The van der Waals surface area contributed by atoms with Crippen molar-refractivity contribution in [1.82, 2.24) is 10.3 Å². The molecule has 9 heteroatoms. The Morgan fingerprint density at radius 3 is 2.52 bits per heavy atom. The summed E-state index contributed by atoms with van der Waals surface area (Å²) in [5.74, 6) is -1.48. The molecule has 2 aromatic carbocycles. The molecule has 0 bridgehead atoms. The summed E-state index contributed by atoms with van der Waals surface area (Å²) in [6.07, 6.45) is -4.53. The molecule has 0 aliphatic rings. The SMILES string of the molecule is O=C(Nc1ccccc1C(=O)NCC(F)(F)F)c1cc2cc(Cl)ccc2[nH]1. The lowest BCUT2D eigenvalue weighted by molar-refractivity contribution is -0.123. The van der Waals surface area contributed by atoms with Crippen molar-refractivity contribution in [3.63, 3.8) is 0 Å². The number of H-pyrrole nitrogens is 1. The molecule has 2 amide bonds. The lowest BCUT2D eigenvalue weighted by atomic mass is 10.1. The Morgan fingerprint density at radius 2 is 1.78 bits per heavy atom. The Bertz CT molecular complexity index is 1010. The minimum Gasteiger partial charge on any atom is -0.351 e. The lowest BCUT2D eigenvalue weighted by Gasteiger charge is -2.12. The molecular weight excluding hydrogens is 383 g/mol. The highest BCUT2D eigenvalue weighted by molar-refractivity contribution is 6.31. The third kappa shape index (κ3) is 4.59. The number of hydrogen-bond donors (Lipinski definition) is 3. The number of para-hydroxylation sites is 1. The van der Waals surface area contributed by atoms with Crippen LogP contribution in [-0.4, -0.2) is 29.5 Å². The van der Waals surface area contributed by atoms with Crippen LogP contribution >= 0.6 is 11.6 Å². The highest BCUT2D eigenvalue weighted by Gasteiger charge is 2.28. The molecule has 3 aromatic rings. The smallest absolute Gasteiger partial charge is 0.351 e. The van der Waals surface area contributed by atoms with Crippen LogP contribution in [0.2, 0.25) is 5.02 Å². The molecule has 0 atom stereocenters. The summed E-state index contributed by atoms with van der Waals surface area (Å²) in [4.78, 5) is 27.4. The zero-order valence-corrected chi connectivity index (χ0v) is 14.4. The molecule has 0 fully saturated rings. The van der Waals surface area contributed by atoms with Crippen LogP contribution in [0.15, 0.2) is 48.5 Å². The first-order valence-corrected chi connectivity index (χ1v) is 8.14. The number of carbonyl (C=O) groups excluding carboxylic acids is 2. The maximum atomic E-state index is 12.5. The fourth-order valence-electron chi connectivity index (χ4n) is 2.48. The molecule has 0 saturated heterocycles. The number of fused-ring (bicyclic) bond motifs is 1. The molecule has 0 saturated carbocycles. The van der Waals surface area contributed by atoms with E-state index in [9.17, 15) is 22.8 Å². The van der Waals surface area contributed by atoms with Crippen molar-refractivity contribution >= 4 is 40.0 Å². The monoisotopic (exact) mass is 395 g/mol. The van der Waals surface area contributed by atoms with Crippen LogP contribution in [0.5, 0.6) is 0 Å². The summed E-state index contributed by atoms with van der Waals surface area (Å²) >= 11 is 5.92. The molecule has 27 heavy (non-hydrogen) atoms. The van der Waals surface area contributed by atoms with Crippen LogP contribution in [0.25, 0.3) is 10.9 Å². The summed E-state index contributed by atoms with van der Waals surface area (Å²) in [5, 5.41) is 5.56. The number of hydrogen-bond acceptors (Lipinski definition) is 2. The second-order valence-corrected chi connectivity index (χ2v) is 6.15. The van der Waals surface area contributed by atoms with Gasteiger partial charge in [0.1, 0.15) is 12.2 Å². The van der Waals surface area contributed by atoms with Crippen molar-refractivity contribution in [3.8, 4) is 0 Å². The van der Waals surface area contributed by atoms with E-state index in [1.165, 1.54) is 18.2 Å². The standard InChI is InChI=1S/C18H13ClF3N3O2/c19-11-5-6-13-10(7-11)8-15(24-13)17(27)25-14-4-2-1-3-12(14)16(26)23-9-18(20,21)22/h1-8,24H,9H2,(H,23,26)(H,25,27). The van der Waals surface area contributed by atoms with Crippen molar-refractivity contribution < 1.29 is 22.8 Å². The summed E-state index contributed by atoms with van der Waals surface area (Å²) in [7, 11) is 0. The predicted octanol–water partition coefficient (Wildman–Crippen LogP) is 4.37. The summed E-state index contributed by atoms with van der Waals surface area (Å²) in [6.45, 7) is -1.46. The van der Waals surface area contributed by atoms with E-state index >= 15 is 0 Å². The number of amides is 2. The van der Waals surface area contributed by atoms with E-state index in [4.69, 9.17) is 11.6 Å². The van der Waals surface area contributed by atoms with E-state index in [0.717, 1.165) is 5.39 Å². The first-order chi connectivity index (χ1) is 12.7. The number of aromatic amines is 1. The Kier molecular flexibility index (Phi) is 5.09. The summed E-state index contributed by atoms with van der Waals surface area (Å²) < 4.78 is 36.9. The van der Waals surface area contributed by atoms with Crippen LogP contribution in [0.1, 0.15) is 20.8 Å². The second kappa shape index (κ2) is 7.32. The second-order valence-electron chi connectivity index (χ2n) is 5.71. The summed E-state index contributed by atoms with van der Waals surface area (Å²) in [5.41, 5.74) is 0.937.